The second-order valence-electron chi connectivity index (χ2n) is 4.49. The Hall–Kier alpha value is -2.20. The van der Waals surface area contributed by atoms with Crippen LogP contribution < -0.4 is 5.73 Å². The second kappa shape index (κ2) is 5.43. The molecule has 1 heterocycles. The molecule has 0 spiro atoms. The van der Waals surface area contributed by atoms with Crippen molar-refractivity contribution in [3.63, 3.8) is 0 Å². The van der Waals surface area contributed by atoms with E-state index in [9.17, 15) is 4.39 Å². The average molecular weight is 284 g/mol. The first-order valence-electron chi connectivity index (χ1n) is 6.27. The lowest BCUT2D eigenvalue weighted by atomic mass is 10.1. The Kier molecular flexibility index (Phi) is 3.48. The number of benzene rings is 2. The van der Waals surface area contributed by atoms with E-state index in [1.54, 1.807) is 12.1 Å². The van der Waals surface area contributed by atoms with Gasteiger partial charge in [-0.1, -0.05) is 42.5 Å². The van der Waals surface area contributed by atoms with Crippen LogP contribution >= 0.6 is 11.3 Å². The maximum atomic E-state index is 12.9. The molecule has 0 amide bonds. The summed E-state index contributed by atoms with van der Waals surface area (Å²) in [5.41, 5.74) is 8.86. The molecule has 3 aromatic rings. The zero-order valence-electron chi connectivity index (χ0n) is 10.7. The lowest BCUT2D eigenvalue weighted by Crippen LogP contribution is -1.89. The van der Waals surface area contributed by atoms with Gasteiger partial charge in [-0.05, 0) is 17.7 Å². The van der Waals surface area contributed by atoms with Crippen molar-refractivity contribution in [2.45, 2.75) is 6.42 Å². The van der Waals surface area contributed by atoms with Gasteiger partial charge in [0, 0.05) is 16.9 Å². The third kappa shape index (κ3) is 2.70. The molecule has 0 aliphatic heterocycles. The first-order valence-corrected chi connectivity index (χ1v) is 7.09. The van der Waals surface area contributed by atoms with Crippen LogP contribution in [0.4, 0.5) is 9.52 Å². The monoisotopic (exact) mass is 284 g/mol. The summed E-state index contributed by atoms with van der Waals surface area (Å²) in [6.07, 6.45) is 0.708. The molecule has 100 valence electrons. The SMILES string of the molecule is Nc1nc(-c2ccccc2)c(Cc2ccc(F)cc2)s1. The van der Waals surface area contributed by atoms with Crippen molar-refractivity contribution in [1.82, 2.24) is 4.98 Å². The van der Waals surface area contributed by atoms with Crippen LogP contribution in [0.15, 0.2) is 54.6 Å². The highest BCUT2D eigenvalue weighted by Gasteiger charge is 2.12. The van der Waals surface area contributed by atoms with E-state index in [1.165, 1.54) is 23.5 Å². The van der Waals surface area contributed by atoms with Crippen LogP contribution in [-0.4, -0.2) is 4.98 Å². The summed E-state index contributed by atoms with van der Waals surface area (Å²) in [5, 5.41) is 0.556. The topological polar surface area (TPSA) is 38.9 Å². The van der Waals surface area contributed by atoms with Gasteiger partial charge in [-0.2, -0.15) is 0 Å². The summed E-state index contributed by atoms with van der Waals surface area (Å²) < 4.78 is 12.9. The fourth-order valence-electron chi connectivity index (χ4n) is 2.10. The number of rotatable bonds is 3. The zero-order chi connectivity index (χ0) is 13.9. The highest BCUT2D eigenvalue weighted by atomic mass is 32.1. The lowest BCUT2D eigenvalue weighted by Gasteiger charge is -2.03. The van der Waals surface area contributed by atoms with Gasteiger partial charge in [0.05, 0.1) is 5.69 Å². The molecule has 0 aliphatic rings. The van der Waals surface area contributed by atoms with Crippen molar-refractivity contribution in [1.29, 1.82) is 0 Å². The normalized spacial score (nSPS) is 10.7. The Morgan fingerprint density at radius 3 is 2.40 bits per heavy atom. The number of nitrogens with zero attached hydrogens (tertiary/aromatic N) is 1. The molecule has 4 heteroatoms. The molecule has 0 unspecified atom stereocenters. The molecular formula is C16H13FN2S. The fraction of sp³-hybridized carbons (Fsp3) is 0.0625. The molecular weight excluding hydrogens is 271 g/mol. The van der Waals surface area contributed by atoms with Crippen LogP contribution in [0.25, 0.3) is 11.3 Å². The van der Waals surface area contributed by atoms with Gasteiger partial charge in [0.1, 0.15) is 5.82 Å². The van der Waals surface area contributed by atoms with E-state index < -0.39 is 0 Å². The summed E-state index contributed by atoms with van der Waals surface area (Å²) >= 11 is 1.48. The molecule has 0 bridgehead atoms. The van der Waals surface area contributed by atoms with Crippen LogP contribution in [0.5, 0.6) is 0 Å². The molecule has 2 N–H and O–H groups in total. The van der Waals surface area contributed by atoms with Gasteiger partial charge in [-0.3, -0.25) is 0 Å². The van der Waals surface area contributed by atoms with E-state index in [4.69, 9.17) is 5.73 Å². The Labute approximate surface area is 120 Å². The molecule has 0 radical (unpaired) electrons. The molecule has 3 rings (SSSR count). The van der Waals surface area contributed by atoms with Gasteiger partial charge in [-0.25, -0.2) is 9.37 Å². The minimum atomic E-state index is -0.221. The largest absolute Gasteiger partial charge is 0.375 e. The summed E-state index contributed by atoms with van der Waals surface area (Å²) in [6, 6.07) is 16.5. The number of thiazole rings is 1. The van der Waals surface area contributed by atoms with Crippen molar-refractivity contribution >= 4 is 16.5 Å². The van der Waals surface area contributed by atoms with Gasteiger partial charge in [-0.15, -0.1) is 11.3 Å². The first-order chi connectivity index (χ1) is 9.72. The first kappa shape index (κ1) is 12.8. The van der Waals surface area contributed by atoms with Crippen LogP contribution in [0, 0.1) is 5.82 Å². The molecule has 0 saturated heterocycles. The van der Waals surface area contributed by atoms with Gasteiger partial charge >= 0.3 is 0 Å². The van der Waals surface area contributed by atoms with Crippen LogP contribution in [-0.2, 0) is 6.42 Å². The van der Waals surface area contributed by atoms with E-state index in [-0.39, 0.29) is 5.82 Å². The average Bonchev–Trinajstić information content (AvgIpc) is 2.83. The fourth-order valence-corrected chi connectivity index (χ4v) is 2.99. The van der Waals surface area contributed by atoms with Crippen molar-refractivity contribution < 1.29 is 4.39 Å². The number of aromatic nitrogens is 1. The lowest BCUT2D eigenvalue weighted by molar-refractivity contribution is 0.627. The molecule has 0 fully saturated rings. The van der Waals surface area contributed by atoms with E-state index in [0.29, 0.717) is 11.6 Å². The summed E-state index contributed by atoms with van der Waals surface area (Å²) in [5.74, 6) is -0.221. The van der Waals surface area contributed by atoms with Crippen LogP contribution in [0.3, 0.4) is 0 Å². The van der Waals surface area contributed by atoms with E-state index in [0.717, 1.165) is 21.7 Å². The Bertz CT molecular complexity index is 705. The maximum Gasteiger partial charge on any atom is 0.180 e. The minimum Gasteiger partial charge on any atom is -0.375 e. The summed E-state index contributed by atoms with van der Waals surface area (Å²) in [6.45, 7) is 0. The minimum absolute atomic E-state index is 0.221. The number of nitrogens with two attached hydrogens (primary N) is 1. The van der Waals surface area contributed by atoms with Crippen LogP contribution in [0.1, 0.15) is 10.4 Å². The molecule has 0 saturated carbocycles. The highest BCUT2D eigenvalue weighted by Crippen LogP contribution is 2.31. The van der Waals surface area contributed by atoms with Crippen molar-refractivity contribution in [2.24, 2.45) is 0 Å². The van der Waals surface area contributed by atoms with E-state index in [2.05, 4.69) is 4.98 Å². The van der Waals surface area contributed by atoms with Gasteiger partial charge in [0.15, 0.2) is 5.13 Å². The third-order valence-electron chi connectivity index (χ3n) is 3.04. The standard InChI is InChI=1S/C16H13FN2S/c17-13-8-6-11(7-9-13)10-14-15(19-16(18)20-14)12-4-2-1-3-5-12/h1-9H,10H2,(H2,18,19). The van der Waals surface area contributed by atoms with Crippen molar-refractivity contribution in [3.05, 3.63) is 70.9 Å². The number of hydrogen-bond donors (Lipinski definition) is 1. The molecule has 2 aromatic carbocycles. The van der Waals surface area contributed by atoms with Crippen LogP contribution in [0.2, 0.25) is 0 Å². The van der Waals surface area contributed by atoms with E-state index >= 15 is 0 Å². The Morgan fingerprint density at radius 1 is 1.00 bits per heavy atom. The Morgan fingerprint density at radius 2 is 1.70 bits per heavy atom. The molecule has 1 aromatic heterocycles. The van der Waals surface area contributed by atoms with Gasteiger partial charge in [0.25, 0.3) is 0 Å². The smallest absolute Gasteiger partial charge is 0.180 e. The van der Waals surface area contributed by atoms with E-state index in [1.807, 2.05) is 30.3 Å². The molecule has 0 atom stereocenters. The number of nitrogen functional groups attached to an aromatic ring is 1. The summed E-state index contributed by atoms with van der Waals surface area (Å²) in [7, 11) is 0. The number of halogens is 1. The molecule has 20 heavy (non-hydrogen) atoms. The quantitative estimate of drug-likeness (QED) is 0.785. The molecule has 0 aliphatic carbocycles. The van der Waals surface area contributed by atoms with Crippen molar-refractivity contribution in [2.75, 3.05) is 5.73 Å². The highest BCUT2D eigenvalue weighted by molar-refractivity contribution is 7.15. The second-order valence-corrected chi connectivity index (χ2v) is 5.61. The number of hydrogen-bond acceptors (Lipinski definition) is 3. The predicted molar refractivity (Wildman–Crippen MR) is 81.2 cm³/mol. The van der Waals surface area contributed by atoms with Gasteiger partial charge < -0.3 is 5.73 Å². The van der Waals surface area contributed by atoms with Crippen molar-refractivity contribution in [3.8, 4) is 11.3 Å². The predicted octanol–water partition coefficient (Wildman–Crippen LogP) is 4.12. The molecule has 2 nitrogen and oxygen atoms in total. The van der Waals surface area contributed by atoms with Gasteiger partial charge in [0.2, 0.25) is 0 Å². The Balaban J connectivity index is 1.96. The maximum absolute atomic E-state index is 12.9. The zero-order valence-corrected chi connectivity index (χ0v) is 11.5. The summed E-state index contributed by atoms with van der Waals surface area (Å²) in [4.78, 5) is 5.51. The third-order valence-corrected chi connectivity index (χ3v) is 3.92. The number of anilines is 1.